The first kappa shape index (κ1) is 18.5. The van der Waals surface area contributed by atoms with Crippen LogP contribution in [0.1, 0.15) is 11.1 Å². The number of halogens is 3. The van der Waals surface area contributed by atoms with Crippen molar-refractivity contribution < 1.29 is 13.5 Å². The molecule has 2 aromatic rings. The molecule has 0 atom stereocenters. The van der Waals surface area contributed by atoms with E-state index in [2.05, 4.69) is 16.3 Å². The van der Waals surface area contributed by atoms with Crippen molar-refractivity contribution >= 4 is 28.4 Å². The van der Waals surface area contributed by atoms with Crippen LogP contribution in [0.25, 0.3) is 11.1 Å². The Labute approximate surface area is 149 Å². The Hall–Kier alpha value is -2.86. The predicted molar refractivity (Wildman–Crippen MR) is 96.9 cm³/mol. The van der Waals surface area contributed by atoms with E-state index < -0.39 is 6.61 Å². The third kappa shape index (κ3) is 4.81. The number of pyridine rings is 1. The molecule has 7 heteroatoms. The van der Waals surface area contributed by atoms with Crippen LogP contribution in [-0.4, -0.2) is 11.6 Å². The van der Waals surface area contributed by atoms with Gasteiger partial charge in [0.2, 0.25) is 0 Å². The molecule has 0 amide bonds. The summed E-state index contributed by atoms with van der Waals surface area (Å²) in [6, 6.07) is 7.76. The van der Waals surface area contributed by atoms with Crippen molar-refractivity contribution in [3.63, 3.8) is 0 Å². The molecule has 1 aromatic carbocycles. The number of alkyl halides is 2. The van der Waals surface area contributed by atoms with Gasteiger partial charge in [-0.05, 0) is 41.5 Å². The smallest absolute Gasteiger partial charge is 0.387 e. The molecular weight excluding hydrogens is 348 g/mol. The van der Waals surface area contributed by atoms with Gasteiger partial charge in [0.15, 0.2) is 0 Å². The van der Waals surface area contributed by atoms with Crippen LogP contribution in [0.15, 0.2) is 66.6 Å². The third-order valence-corrected chi connectivity index (χ3v) is 3.62. The fraction of sp³-hybridized carbons (Fsp3) is 0.0556. The molecule has 130 valence electrons. The SMILES string of the molecule is C=C(/C=C(\C(Cl)=C/N)c1cc(OC(F)F)ccc1N)c1cccnc1. The summed E-state index contributed by atoms with van der Waals surface area (Å²) in [7, 11) is 0. The normalized spacial score (nSPS) is 12.3. The molecular formula is C18H16ClF2N3O. The Bertz CT molecular complexity index is 820. The van der Waals surface area contributed by atoms with Crippen LogP contribution < -0.4 is 16.2 Å². The second kappa shape index (κ2) is 8.30. The maximum Gasteiger partial charge on any atom is 0.387 e. The highest BCUT2D eigenvalue weighted by Gasteiger charge is 2.14. The van der Waals surface area contributed by atoms with Crippen molar-refractivity contribution in [1.82, 2.24) is 4.98 Å². The lowest BCUT2D eigenvalue weighted by atomic mass is 9.98. The summed E-state index contributed by atoms with van der Waals surface area (Å²) in [6.45, 7) is 1.02. The fourth-order valence-corrected chi connectivity index (χ4v) is 2.28. The summed E-state index contributed by atoms with van der Waals surface area (Å²) in [5, 5.41) is 0.186. The Morgan fingerprint density at radius 3 is 2.68 bits per heavy atom. The Morgan fingerprint density at radius 2 is 2.08 bits per heavy atom. The van der Waals surface area contributed by atoms with Gasteiger partial charge in [-0.25, -0.2) is 0 Å². The van der Waals surface area contributed by atoms with Crippen molar-refractivity contribution in [2.24, 2.45) is 5.73 Å². The monoisotopic (exact) mass is 363 g/mol. The Morgan fingerprint density at radius 1 is 1.32 bits per heavy atom. The minimum Gasteiger partial charge on any atom is -0.435 e. The van der Waals surface area contributed by atoms with E-state index in [1.54, 1.807) is 24.5 Å². The van der Waals surface area contributed by atoms with Crippen LogP contribution >= 0.6 is 11.6 Å². The number of hydrogen-bond acceptors (Lipinski definition) is 4. The first-order valence-corrected chi connectivity index (χ1v) is 7.53. The number of ether oxygens (including phenoxy) is 1. The summed E-state index contributed by atoms with van der Waals surface area (Å²) in [6.07, 6.45) is 6.11. The number of nitrogen functional groups attached to an aromatic ring is 1. The summed E-state index contributed by atoms with van der Waals surface area (Å²) >= 11 is 6.19. The molecule has 0 saturated heterocycles. The number of nitrogens with zero attached hydrogens (tertiary/aromatic N) is 1. The molecule has 0 unspecified atom stereocenters. The van der Waals surface area contributed by atoms with Gasteiger partial charge in [0.05, 0.1) is 5.03 Å². The second-order valence-electron chi connectivity index (χ2n) is 4.97. The number of allylic oxidation sites excluding steroid dienone is 4. The average molecular weight is 364 g/mol. The van der Waals surface area contributed by atoms with Crippen molar-refractivity contribution in [3.05, 3.63) is 77.7 Å². The number of aromatic nitrogens is 1. The van der Waals surface area contributed by atoms with E-state index in [4.69, 9.17) is 23.1 Å². The zero-order valence-corrected chi connectivity index (χ0v) is 13.9. The van der Waals surface area contributed by atoms with Gasteiger partial charge in [-0.3, -0.25) is 4.98 Å². The average Bonchev–Trinajstić information content (AvgIpc) is 2.61. The molecule has 0 bridgehead atoms. The van der Waals surface area contributed by atoms with Crippen LogP contribution in [0.2, 0.25) is 0 Å². The van der Waals surface area contributed by atoms with E-state index >= 15 is 0 Å². The molecule has 0 aliphatic rings. The second-order valence-corrected chi connectivity index (χ2v) is 5.37. The van der Waals surface area contributed by atoms with Crippen molar-refractivity contribution in [2.45, 2.75) is 6.61 Å². The summed E-state index contributed by atoms with van der Waals surface area (Å²) < 4.78 is 29.3. The first-order chi connectivity index (χ1) is 11.9. The number of hydrogen-bond donors (Lipinski definition) is 2. The van der Waals surface area contributed by atoms with E-state index in [-0.39, 0.29) is 10.8 Å². The lowest BCUT2D eigenvalue weighted by molar-refractivity contribution is -0.0498. The predicted octanol–water partition coefficient (Wildman–Crippen LogP) is 4.40. The molecule has 4 N–H and O–H groups in total. The van der Waals surface area contributed by atoms with E-state index in [0.717, 1.165) is 5.56 Å². The highest BCUT2D eigenvalue weighted by molar-refractivity contribution is 6.37. The van der Waals surface area contributed by atoms with Gasteiger partial charge >= 0.3 is 6.61 Å². The maximum absolute atomic E-state index is 12.5. The molecule has 0 fully saturated rings. The molecule has 0 aliphatic carbocycles. The van der Waals surface area contributed by atoms with Crippen molar-refractivity contribution in [3.8, 4) is 5.75 Å². The zero-order chi connectivity index (χ0) is 18.4. The number of nitrogens with two attached hydrogens (primary N) is 2. The van der Waals surface area contributed by atoms with E-state index in [1.165, 1.54) is 24.4 Å². The largest absolute Gasteiger partial charge is 0.435 e. The Balaban J connectivity index is 2.52. The minimum absolute atomic E-state index is 0.0430. The maximum atomic E-state index is 12.5. The van der Waals surface area contributed by atoms with E-state index in [9.17, 15) is 8.78 Å². The standard InChI is InChI=1S/C18H16ClF2N3O/c1-11(12-3-2-6-24-10-12)7-14(16(19)9-22)15-8-13(25-18(20)21)4-5-17(15)23/h2-10,18H,1,22-23H2/b14-7-,16-9+. The molecule has 2 rings (SSSR count). The molecule has 0 radical (unpaired) electrons. The Kier molecular flexibility index (Phi) is 6.14. The molecule has 0 aliphatic heterocycles. The topological polar surface area (TPSA) is 74.2 Å². The van der Waals surface area contributed by atoms with Crippen LogP contribution in [0.3, 0.4) is 0 Å². The van der Waals surface area contributed by atoms with Crippen LogP contribution in [0, 0.1) is 0 Å². The summed E-state index contributed by atoms with van der Waals surface area (Å²) in [5.74, 6) is -0.0430. The lowest BCUT2D eigenvalue weighted by Crippen LogP contribution is -2.03. The highest BCUT2D eigenvalue weighted by Crippen LogP contribution is 2.34. The fourth-order valence-electron chi connectivity index (χ4n) is 2.12. The molecule has 0 saturated carbocycles. The first-order valence-electron chi connectivity index (χ1n) is 7.16. The van der Waals surface area contributed by atoms with Gasteiger partial charge in [-0.15, -0.1) is 0 Å². The summed E-state index contributed by atoms with van der Waals surface area (Å²) in [4.78, 5) is 4.02. The van der Waals surface area contributed by atoms with Gasteiger partial charge in [-0.2, -0.15) is 8.78 Å². The number of anilines is 1. The van der Waals surface area contributed by atoms with E-state index in [1.807, 2.05) is 6.07 Å². The van der Waals surface area contributed by atoms with Gasteiger partial charge in [0.1, 0.15) is 5.75 Å². The van der Waals surface area contributed by atoms with Crippen molar-refractivity contribution in [1.29, 1.82) is 0 Å². The van der Waals surface area contributed by atoms with Crippen molar-refractivity contribution in [2.75, 3.05) is 5.73 Å². The van der Waals surface area contributed by atoms with Gasteiger partial charge < -0.3 is 16.2 Å². The molecule has 4 nitrogen and oxygen atoms in total. The molecule has 25 heavy (non-hydrogen) atoms. The molecule has 1 aromatic heterocycles. The zero-order valence-electron chi connectivity index (χ0n) is 13.1. The van der Waals surface area contributed by atoms with Gasteiger partial charge in [0.25, 0.3) is 0 Å². The minimum atomic E-state index is -2.95. The number of benzene rings is 1. The summed E-state index contributed by atoms with van der Waals surface area (Å²) in [5.41, 5.74) is 14.0. The third-order valence-electron chi connectivity index (χ3n) is 3.29. The van der Waals surface area contributed by atoms with E-state index in [0.29, 0.717) is 22.4 Å². The molecule has 0 spiro atoms. The van der Waals surface area contributed by atoms with Gasteiger partial charge in [0, 0.05) is 35.4 Å². The van der Waals surface area contributed by atoms with Crippen LogP contribution in [-0.2, 0) is 0 Å². The van der Waals surface area contributed by atoms with Gasteiger partial charge in [-0.1, -0.05) is 24.2 Å². The van der Waals surface area contributed by atoms with Crippen LogP contribution in [0.5, 0.6) is 5.75 Å². The quantitative estimate of drug-likeness (QED) is 0.589. The number of rotatable bonds is 6. The lowest BCUT2D eigenvalue weighted by Gasteiger charge is -2.13. The van der Waals surface area contributed by atoms with Crippen LogP contribution in [0.4, 0.5) is 14.5 Å². The molecule has 1 heterocycles. The highest BCUT2D eigenvalue weighted by atomic mass is 35.5.